The Balaban J connectivity index is 1.91. The molecule has 2 aromatic rings. The summed E-state index contributed by atoms with van der Waals surface area (Å²) >= 11 is 4.83. The quantitative estimate of drug-likeness (QED) is 0.852. The fraction of sp³-hybridized carbons (Fsp3) is 0.357. The molecule has 104 valence electrons. The van der Waals surface area contributed by atoms with E-state index in [9.17, 15) is 9.59 Å². The van der Waals surface area contributed by atoms with Crippen molar-refractivity contribution >= 4 is 38.8 Å². The first kappa shape index (κ1) is 13.7. The number of hydrogen-bond acceptors (Lipinski definition) is 4. The molecule has 0 saturated carbocycles. The molecule has 0 fully saturated rings. The number of ketones is 2. The molecule has 0 aromatic carbocycles. The first-order valence-electron chi connectivity index (χ1n) is 6.35. The Morgan fingerprint density at radius 1 is 1.60 bits per heavy atom. The van der Waals surface area contributed by atoms with Crippen LogP contribution in [0.5, 0.6) is 0 Å². The molecule has 1 aliphatic heterocycles. The van der Waals surface area contributed by atoms with Crippen LogP contribution in [0.15, 0.2) is 28.3 Å². The van der Waals surface area contributed by atoms with Crippen molar-refractivity contribution in [2.24, 2.45) is 0 Å². The molecule has 0 amide bonds. The summed E-state index contributed by atoms with van der Waals surface area (Å²) < 4.78 is 2.75. The summed E-state index contributed by atoms with van der Waals surface area (Å²) in [5.74, 6) is 0.210. The van der Waals surface area contributed by atoms with E-state index in [1.165, 1.54) is 11.3 Å². The molecule has 20 heavy (non-hydrogen) atoms. The molecule has 0 aliphatic carbocycles. The number of Topliss-reactive ketones (excluding diaryl/α,β-unsaturated/α-hetero) is 2. The standard InChI is InChI=1S/C14H13BrN2O2S/c1-14(11(19)7-13-16-8-12(15)20-13)5-4-10(18)9-3-2-6-17(9)14/h2-3,6,8H,4-5,7H2,1H3. The average Bonchev–Trinajstić information content (AvgIpc) is 3.04. The van der Waals surface area contributed by atoms with E-state index < -0.39 is 5.54 Å². The van der Waals surface area contributed by atoms with Crippen LogP contribution < -0.4 is 0 Å². The predicted molar refractivity (Wildman–Crippen MR) is 80.2 cm³/mol. The third-order valence-electron chi connectivity index (χ3n) is 3.84. The molecular formula is C14H13BrN2O2S. The van der Waals surface area contributed by atoms with Gasteiger partial charge in [0, 0.05) is 12.6 Å². The molecule has 2 aromatic heterocycles. The maximum atomic E-state index is 12.7. The molecule has 3 rings (SSSR count). The second-order valence-corrected chi connectivity index (χ2v) is 7.61. The number of carbonyl (C=O) groups excluding carboxylic acids is 2. The van der Waals surface area contributed by atoms with Crippen LogP contribution >= 0.6 is 27.3 Å². The van der Waals surface area contributed by atoms with Gasteiger partial charge in [-0.15, -0.1) is 11.3 Å². The highest BCUT2D eigenvalue weighted by Crippen LogP contribution is 2.33. The van der Waals surface area contributed by atoms with Gasteiger partial charge < -0.3 is 4.57 Å². The van der Waals surface area contributed by atoms with Crippen molar-refractivity contribution in [3.05, 3.63) is 39.0 Å². The minimum atomic E-state index is -0.648. The van der Waals surface area contributed by atoms with Gasteiger partial charge in [0.15, 0.2) is 11.6 Å². The van der Waals surface area contributed by atoms with Gasteiger partial charge >= 0.3 is 0 Å². The van der Waals surface area contributed by atoms with Gasteiger partial charge in [-0.25, -0.2) is 4.98 Å². The zero-order chi connectivity index (χ0) is 14.3. The highest BCUT2D eigenvalue weighted by Gasteiger charge is 2.40. The van der Waals surface area contributed by atoms with Crippen LogP contribution in [0.4, 0.5) is 0 Å². The zero-order valence-corrected chi connectivity index (χ0v) is 13.3. The highest BCUT2D eigenvalue weighted by molar-refractivity contribution is 9.11. The second kappa shape index (κ2) is 4.93. The lowest BCUT2D eigenvalue weighted by Crippen LogP contribution is -2.44. The maximum absolute atomic E-state index is 12.7. The Bertz CT molecular complexity index is 691. The highest BCUT2D eigenvalue weighted by atomic mass is 79.9. The smallest absolute Gasteiger partial charge is 0.179 e. The lowest BCUT2D eigenvalue weighted by Gasteiger charge is -2.34. The molecule has 1 atom stereocenters. The van der Waals surface area contributed by atoms with Gasteiger partial charge in [0.25, 0.3) is 0 Å². The van der Waals surface area contributed by atoms with Gasteiger partial charge in [0.1, 0.15) is 10.5 Å². The van der Waals surface area contributed by atoms with Crippen LogP contribution in [0.25, 0.3) is 0 Å². The van der Waals surface area contributed by atoms with E-state index in [4.69, 9.17) is 0 Å². The molecule has 1 aliphatic rings. The van der Waals surface area contributed by atoms with Gasteiger partial charge in [-0.1, -0.05) is 0 Å². The minimum Gasteiger partial charge on any atom is -0.332 e. The monoisotopic (exact) mass is 352 g/mol. The van der Waals surface area contributed by atoms with Crippen LogP contribution in [0.3, 0.4) is 0 Å². The first-order valence-corrected chi connectivity index (χ1v) is 7.96. The Morgan fingerprint density at radius 3 is 3.10 bits per heavy atom. The molecule has 1 unspecified atom stereocenters. The Labute approximate surface area is 129 Å². The first-order chi connectivity index (χ1) is 9.50. The van der Waals surface area contributed by atoms with E-state index in [1.807, 2.05) is 23.8 Å². The van der Waals surface area contributed by atoms with E-state index in [0.29, 0.717) is 25.0 Å². The van der Waals surface area contributed by atoms with Gasteiger partial charge in [0.05, 0.1) is 22.1 Å². The van der Waals surface area contributed by atoms with Crippen LogP contribution in [0.1, 0.15) is 35.3 Å². The van der Waals surface area contributed by atoms with Crippen molar-refractivity contribution in [2.45, 2.75) is 31.7 Å². The molecule has 4 nitrogen and oxygen atoms in total. The fourth-order valence-corrected chi connectivity index (χ4v) is 3.92. The number of thiazole rings is 1. The number of hydrogen-bond donors (Lipinski definition) is 0. The molecule has 0 spiro atoms. The van der Waals surface area contributed by atoms with E-state index in [2.05, 4.69) is 20.9 Å². The summed E-state index contributed by atoms with van der Waals surface area (Å²) in [4.78, 5) is 28.8. The second-order valence-electron chi connectivity index (χ2n) is 5.12. The summed E-state index contributed by atoms with van der Waals surface area (Å²) in [5.41, 5.74) is -0.0161. The van der Waals surface area contributed by atoms with Crippen molar-refractivity contribution in [1.29, 1.82) is 0 Å². The van der Waals surface area contributed by atoms with Crippen LogP contribution in [0.2, 0.25) is 0 Å². The normalized spacial score (nSPS) is 21.8. The number of rotatable bonds is 3. The van der Waals surface area contributed by atoms with Crippen molar-refractivity contribution in [2.75, 3.05) is 0 Å². The van der Waals surface area contributed by atoms with Gasteiger partial charge in [-0.2, -0.15) is 0 Å². The van der Waals surface area contributed by atoms with Gasteiger partial charge in [-0.05, 0) is 41.4 Å². The molecule has 0 bridgehead atoms. The van der Waals surface area contributed by atoms with E-state index >= 15 is 0 Å². The third-order valence-corrected chi connectivity index (χ3v) is 5.32. The van der Waals surface area contributed by atoms with Crippen LogP contribution in [0, 0.1) is 0 Å². The fourth-order valence-electron chi connectivity index (χ4n) is 2.62. The average molecular weight is 353 g/mol. The van der Waals surface area contributed by atoms with Gasteiger partial charge in [0.2, 0.25) is 0 Å². The number of nitrogens with zero attached hydrogens (tertiary/aromatic N) is 2. The lowest BCUT2D eigenvalue weighted by atomic mass is 9.84. The maximum Gasteiger partial charge on any atom is 0.179 e. The predicted octanol–water partition coefficient (Wildman–Crippen LogP) is 3.21. The number of carbonyl (C=O) groups is 2. The van der Waals surface area contributed by atoms with Crippen molar-refractivity contribution < 1.29 is 9.59 Å². The van der Waals surface area contributed by atoms with Crippen molar-refractivity contribution in [3.63, 3.8) is 0 Å². The SMILES string of the molecule is CC1(C(=O)Cc2ncc(Br)s2)CCC(=O)c2cccn21. The third kappa shape index (κ3) is 2.16. The Morgan fingerprint density at radius 2 is 2.40 bits per heavy atom. The molecule has 0 saturated heterocycles. The molecule has 0 N–H and O–H groups in total. The zero-order valence-electron chi connectivity index (χ0n) is 10.9. The summed E-state index contributed by atoms with van der Waals surface area (Å²) in [6.07, 6.45) is 4.81. The summed E-state index contributed by atoms with van der Waals surface area (Å²) in [6.45, 7) is 1.91. The number of fused-ring (bicyclic) bond motifs is 1. The topological polar surface area (TPSA) is 52.0 Å². The lowest BCUT2D eigenvalue weighted by molar-refractivity contribution is -0.126. The minimum absolute atomic E-state index is 0.101. The molecular weight excluding hydrogens is 340 g/mol. The Hall–Kier alpha value is -1.27. The molecule has 6 heteroatoms. The Kier molecular flexibility index (Phi) is 3.38. The van der Waals surface area contributed by atoms with E-state index in [-0.39, 0.29) is 11.6 Å². The summed E-state index contributed by atoms with van der Waals surface area (Å²) in [7, 11) is 0. The van der Waals surface area contributed by atoms with Crippen LogP contribution in [-0.4, -0.2) is 21.1 Å². The van der Waals surface area contributed by atoms with Gasteiger partial charge in [-0.3, -0.25) is 9.59 Å². The molecule has 0 radical (unpaired) electrons. The van der Waals surface area contributed by atoms with E-state index in [1.54, 1.807) is 12.3 Å². The number of aromatic nitrogens is 2. The number of halogens is 1. The largest absolute Gasteiger partial charge is 0.332 e. The van der Waals surface area contributed by atoms with Crippen molar-refractivity contribution in [1.82, 2.24) is 9.55 Å². The summed E-state index contributed by atoms with van der Waals surface area (Å²) in [5, 5.41) is 0.800. The summed E-state index contributed by atoms with van der Waals surface area (Å²) in [6, 6.07) is 3.61. The molecule has 3 heterocycles. The van der Waals surface area contributed by atoms with Crippen LogP contribution in [-0.2, 0) is 16.8 Å². The van der Waals surface area contributed by atoms with Crippen molar-refractivity contribution in [3.8, 4) is 0 Å². The van der Waals surface area contributed by atoms with E-state index in [0.717, 1.165) is 8.79 Å².